The van der Waals surface area contributed by atoms with Crippen LogP contribution in [0.5, 0.6) is 0 Å². The third-order valence-corrected chi connectivity index (χ3v) is 3.80. The van der Waals surface area contributed by atoms with E-state index in [0.29, 0.717) is 23.1 Å². The lowest BCUT2D eigenvalue weighted by atomic mass is 10.2. The summed E-state index contributed by atoms with van der Waals surface area (Å²) in [6, 6.07) is 13.3. The Balaban J connectivity index is 1.76. The Bertz CT molecular complexity index is 978. The van der Waals surface area contributed by atoms with E-state index in [9.17, 15) is 9.18 Å². The van der Waals surface area contributed by atoms with Crippen molar-refractivity contribution in [3.63, 3.8) is 0 Å². The lowest BCUT2D eigenvalue weighted by molar-refractivity contribution is -0.114. The fraction of sp³-hybridized carbons (Fsp3) is 0.105. The summed E-state index contributed by atoms with van der Waals surface area (Å²) in [5, 5.41) is 8.92. The van der Waals surface area contributed by atoms with Gasteiger partial charge in [0.25, 0.3) is 0 Å². The Kier molecular flexibility index (Phi) is 5.52. The van der Waals surface area contributed by atoms with Crippen molar-refractivity contribution in [2.45, 2.75) is 13.8 Å². The van der Waals surface area contributed by atoms with Crippen molar-refractivity contribution in [1.82, 2.24) is 9.97 Å². The summed E-state index contributed by atoms with van der Waals surface area (Å²) >= 11 is 5.80. The summed E-state index contributed by atoms with van der Waals surface area (Å²) in [6.07, 6.45) is 0. The Morgan fingerprint density at radius 1 is 0.963 bits per heavy atom. The molecule has 3 aromatic rings. The molecular weight excluding hydrogens is 369 g/mol. The van der Waals surface area contributed by atoms with Gasteiger partial charge in [-0.25, -0.2) is 9.37 Å². The number of anilines is 5. The summed E-state index contributed by atoms with van der Waals surface area (Å²) in [7, 11) is 0. The number of aryl methyl sites for hydroxylation is 1. The van der Waals surface area contributed by atoms with Gasteiger partial charge in [-0.3, -0.25) is 4.79 Å². The van der Waals surface area contributed by atoms with Crippen molar-refractivity contribution < 1.29 is 9.18 Å². The summed E-state index contributed by atoms with van der Waals surface area (Å²) in [5.41, 5.74) is 2.84. The van der Waals surface area contributed by atoms with Crippen LogP contribution in [0.1, 0.15) is 12.6 Å². The number of nitrogens with one attached hydrogen (secondary N) is 3. The molecule has 0 atom stereocenters. The molecule has 0 saturated heterocycles. The standard InChI is InChI=1S/C19H17ClFN5O/c1-11-9-18(24-14-5-3-13(4-6-14)23-12(2)27)26-19(22-11)25-15-7-8-17(21)16(20)10-15/h3-10H,1-2H3,(H,23,27)(H2,22,24,25,26). The molecule has 6 nitrogen and oxygen atoms in total. The minimum Gasteiger partial charge on any atom is -0.340 e. The van der Waals surface area contributed by atoms with Gasteiger partial charge in [-0.1, -0.05) is 11.6 Å². The fourth-order valence-corrected chi connectivity index (χ4v) is 2.56. The first-order valence-corrected chi connectivity index (χ1v) is 8.49. The summed E-state index contributed by atoms with van der Waals surface area (Å²) in [6.45, 7) is 3.30. The van der Waals surface area contributed by atoms with Crippen LogP contribution in [-0.4, -0.2) is 15.9 Å². The normalized spacial score (nSPS) is 10.4. The van der Waals surface area contributed by atoms with E-state index >= 15 is 0 Å². The van der Waals surface area contributed by atoms with Crippen LogP contribution >= 0.6 is 11.6 Å². The minimum absolute atomic E-state index is 0.0188. The molecule has 0 aliphatic rings. The second-order valence-corrected chi connectivity index (χ2v) is 6.26. The van der Waals surface area contributed by atoms with Gasteiger partial charge >= 0.3 is 0 Å². The summed E-state index contributed by atoms with van der Waals surface area (Å²) in [5.74, 6) is 0.330. The van der Waals surface area contributed by atoms with E-state index in [1.165, 1.54) is 19.1 Å². The Morgan fingerprint density at radius 3 is 2.30 bits per heavy atom. The number of rotatable bonds is 5. The summed E-state index contributed by atoms with van der Waals surface area (Å²) in [4.78, 5) is 19.8. The van der Waals surface area contributed by atoms with Crippen molar-refractivity contribution in [2.24, 2.45) is 0 Å². The Hall–Kier alpha value is -3.19. The van der Waals surface area contributed by atoms with Crippen LogP contribution in [-0.2, 0) is 4.79 Å². The number of aromatic nitrogens is 2. The van der Waals surface area contributed by atoms with E-state index < -0.39 is 5.82 Å². The predicted molar refractivity (Wildman–Crippen MR) is 105 cm³/mol. The van der Waals surface area contributed by atoms with Crippen LogP contribution in [0.15, 0.2) is 48.5 Å². The van der Waals surface area contributed by atoms with E-state index in [-0.39, 0.29) is 10.9 Å². The second-order valence-electron chi connectivity index (χ2n) is 5.86. The SMILES string of the molecule is CC(=O)Nc1ccc(Nc2cc(C)nc(Nc3ccc(F)c(Cl)c3)n2)cc1. The highest BCUT2D eigenvalue weighted by Gasteiger charge is 2.06. The largest absolute Gasteiger partial charge is 0.340 e. The Morgan fingerprint density at radius 2 is 1.63 bits per heavy atom. The molecule has 1 amide bonds. The monoisotopic (exact) mass is 385 g/mol. The average Bonchev–Trinajstić information content (AvgIpc) is 2.59. The zero-order valence-corrected chi connectivity index (χ0v) is 15.4. The van der Waals surface area contributed by atoms with Gasteiger partial charge in [0.2, 0.25) is 11.9 Å². The highest BCUT2D eigenvalue weighted by atomic mass is 35.5. The summed E-state index contributed by atoms with van der Waals surface area (Å²) < 4.78 is 13.3. The fourth-order valence-electron chi connectivity index (χ4n) is 2.38. The molecule has 0 fully saturated rings. The van der Waals surface area contributed by atoms with Crippen molar-refractivity contribution in [2.75, 3.05) is 16.0 Å². The first-order valence-electron chi connectivity index (χ1n) is 8.11. The van der Waals surface area contributed by atoms with Gasteiger partial charge in [0.05, 0.1) is 5.02 Å². The number of carbonyl (C=O) groups excluding carboxylic acids is 1. The van der Waals surface area contributed by atoms with Gasteiger partial charge in [0, 0.05) is 35.7 Å². The first-order chi connectivity index (χ1) is 12.9. The van der Waals surface area contributed by atoms with E-state index in [2.05, 4.69) is 25.9 Å². The number of carbonyl (C=O) groups is 1. The smallest absolute Gasteiger partial charge is 0.229 e. The molecule has 1 aromatic heterocycles. The van der Waals surface area contributed by atoms with Crippen molar-refractivity contribution in [3.8, 4) is 0 Å². The molecule has 0 saturated carbocycles. The van der Waals surface area contributed by atoms with Gasteiger partial charge in [0.15, 0.2) is 0 Å². The van der Waals surface area contributed by atoms with E-state index in [1.54, 1.807) is 24.3 Å². The van der Waals surface area contributed by atoms with Crippen LogP contribution in [0, 0.1) is 12.7 Å². The van der Waals surface area contributed by atoms with Crippen LogP contribution in [0.2, 0.25) is 5.02 Å². The van der Waals surface area contributed by atoms with Crippen molar-refractivity contribution >= 4 is 46.3 Å². The zero-order chi connectivity index (χ0) is 19.4. The molecule has 1 heterocycles. The van der Waals surface area contributed by atoms with E-state index in [4.69, 9.17) is 11.6 Å². The molecule has 8 heteroatoms. The molecule has 0 aliphatic carbocycles. The highest BCUT2D eigenvalue weighted by Crippen LogP contribution is 2.23. The molecular formula is C19H17ClFN5O. The lowest BCUT2D eigenvalue weighted by Gasteiger charge is -2.11. The molecule has 2 aromatic carbocycles. The van der Waals surface area contributed by atoms with Crippen LogP contribution in [0.25, 0.3) is 0 Å². The maximum absolute atomic E-state index is 13.3. The molecule has 3 N–H and O–H groups in total. The van der Waals surface area contributed by atoms with Gasteiger partial charge in [-0.05, 0) is 49.4 Å². The predicted octanol–water partition coefficient (Wildman–Crippen LogP) is 5.02. The third kappa shape index (κ3) is 5.15. The molecule has 3 rings (SSSR count). The van der Waals surface area contributed by atoms with Gasteiger partial charge in [-0.15, -0.1) is 0 Å². The van der Waals surface area contributed by atoms with Crippen molar-refractivity contribution in [3.05, 3.63) is 65.1 Å². The van der Waals surface area contributed by atoms with Gasteiger partial charge < -0.3 is 16.0 Å². The minimum atomic E-state index is -0.488. The average molecular weight is 386 g/mol. The highest BCUT2D eigenvalue weighted by molar-refractivity contribution is 6.31. The number of nitrogens with zero attached hydrogens (tertiary/aromatic N) is 2. The third-order valence-electron chi connectivity index (χ3n) is 3.51. The molecule has 138 valence electrons. The maximum Gasteiger partial charge on any atom is 0.229 e. The molecule has 0 spiro atoms. The number of hydrogen-bond donors (Lipinski definition) is 3. The molecule has 0 aliphatic heterocycles. The molecule has 0 radical (unpaired) electrons. The van der Waals surface area contributed by atoms with Crippen LogP contribution in [0.4, 0.5) is 33.2 Å². The van der Waals surface area contributed by atoms with Crippen molar-refractivity contribution in [1.29, 1.82) is 0 Å². The molecule has 27 heavy (non-hydrogen) atoms. The zero-order valence-electron chi connectivity index (χ0n) is 14.7. The van der Waals surface area contributed by atoms with E-state index in [1.807, 2.05) is 19.1 Å². The quantitative estimate of drug-likeness (QED) is 0.574. The second kappa shape index (κ2) is 8.01. The number of benzene rings is 2. The van der Waals surface area contributed by atoms with E-state index in [0.717, 1.165) is 11.4 Å². The topological polar surface area (TPSA) is 78.9 Å². The molecule has 0 bridgehead atoms. The maximum atomic E-state index is 13.3. The Labute approximate surface area is 160 Å². The number of hydrogen-bond acceptors (Lipinski definition) is 5. The number of amides is 1. The van der Waals surface area contributed by atoms with Gasteiger partial charge in [0.1, 0.15) is 11.6 Å². The lowest BCUT2D eigenvalue weighted by Crippen LogP contribution is -2.05. The number of halogens is 2. The van der Waals surface area contributed by atoms with Crippen LogP contribution < -0.4 is 16.0 Å². The molecule has 0 unspecified atom stereocenters. The first kappa shape index (κ1) is 18.6. The van der Waals surface area contributed by atoms with Gasteiger partial charge in [-0.2, -0.15) is 4.98 Å². The van der Waals surface area contributed by atoms with Crippen LogP contribution in [0.3, 0.4) is 0 Å².